The number of aliphatic hydroxyl groups excluding tert-OH is 2. The van der Waals surface area contributed by atoms with Gasteiger partial charge in [-0.2, -0.15) is 0 Å². The van der Waals surface area contributed by atoms with Crippen LogP contribution >= 0.6 is 23.2 Å². The van der Waals surface area contributed by atoms with E-state index < -0.39 is 5.97 Å². The molecule has 1 heterocycles. The van der Waals surface area contributed by atoms with Crippen LogP contribution in [-0.2, 0) is 0 Å². The Labute approximate surface area is 114 Å². The Hall–Kier alpha value is -0.920. The molecule has 1 aromatic heterocycles. The first-order chi connectivity index (χ1) is 8.54. The third-order valence-electron chi connectivity index (χ3n) is 1.70. The quantitative estimate of drug-likeness (QED) is 0.560. The van der Waals surface area contributed by atoms with Gasteiger partial charge in [0.1, 0.15) is 5.69 Å². The molecule has 0 amide bonds. The van der Waals surface area contributed by atoms with Crippen LogP contribution in [0, 0.1) is 0 Å². The number of quaternary nitrogens is 1. The summed E-state index contributed by atoms with van der Waals surface area (Å²) in [5.41, 5.74) is -0.334. The lowest BCUT2D eigenvalue weighted by Crippen LogP contribution is -2.85. The Morgan fingerprint density at radius 1 is 1.33 bits per heavy atom. The molecule has 4 N–H and O–H groups in total. The molecule has 0 saturated carbocycles. The molecule has 18 heavy (non-hydrogen) atoms. The second-order valence-corrected chi connectivity index (χ2v) is 3.84. The van der Waals surface area contributed by atoms with Crippen LogP contribution in [-0.4, -0.2) is 47.5 Å². The fourth-order valence-electron chi connectivity index (χ4n) is 0.889. The number of carbonyl (C=O) groups excluding carboxylic acids is 1. The highest BCUT2D eigenvalue weighted by Gasteiger charge is 2.05. The molecule has 0 radical (unpaired) electrons. The van der Waals surface area contributed by atoms with Crippen molar-refractivity contribution in [2.45, 2.75) is 0 Å². The highest BCUT2D eigenvalue weighted by molar-refractivity contribution is 6.43. The smallest absolute Gasteiger partial charge is 0.106 e. The SMILES string of the molecule is O=C([O-])c1nccc(Cl)c1Cl.OCC[NH2+]CCO. The Balaban J connectivity index is 0.000000360. The Kier molecular flexibility index (Phi) is 9.53. The summed E-state index contributed by atoms with van der Waals surface area (Å²) in [7, 11) is 0. The summed E-state index contributed by atoms with van der Waals surface area (Å²) in [6, 6.07) is 1.40. The Morgan fingerprint density at radius 3 is 2.28 bits per heavy atom. The zero-order valence-electron chi connectivity index (χ0n) is 9.47. The van der Waals surface area contributed by atoms with E-state index in [2.05, 4.69) is 4.98 Å². The molecule has 0 unspecified atom stereocenters. The van der Waals surface area contributed by atoms with Gasteiger partial charge in [0.15, 0.2) is 0 Å². The maximum absolute atomic E-state index is 10.3. The van der Waals surface area contributed by atoms with Crippen molar-refractivity contribution in [3.8, 4) is 0 Å². The fraction of sp³-hybridized carbons (Fsp3) is 0.400. The minimum atomic E-state index is -1.43. The molecule has 1 rings (SSSR count). The van der Waals surface area contributed by atoms with E-state index in [1.54, 1.807) is 0 Å². The number of hydrogen-bond acceptors (Lipinski definition) is 5. The van der Waals surface area contributed by atoms with Crippen molar-refractivity contribution in [2.75, 3.05) is 26.3 Å². The summed E-state index contributed by atoms with van der Waals surface area (Å²) in [5, 5.41) is 28.5. The van der Waals surface area contributed by atoms with Crippen molar-refractivity contribution < 1.29 is 25.4 Å². The fourth-order valence-corrected chi connectivity index (χ4v) is 1.22. The first-order valence-electron chi connectivity index (χ1n) is 5.09. The summed E-state index contributed by atoms with van der Waals surface area (Å²) in [6.45, 7) is 1.78. The van der Waals surface area contributed by atoms with E-state index in [0.717, 1.165) is 0 Å². The van der Waals surface area contributed by atoms with Crippen LogP contribution in [0.25, 0.3) is 0 Å². The minimum Gasteiger partial charge on any atom is -0.543 e. The highest BCUT2D eigenvalue weighted by atomic mass is 35.5. The zero-order chi connectivity index (χ0) is 14.0. The van der Waals surface area contributed by atoms with Crippen LogP contribution in [0.3, 0.4) is 0 Å². The molecule has 0 aliphatic rings. The normalized spacial score (nSPS) is 9.56. The Morgan fingerprint density at radius 2 is 1.89 bits per heavy atom. The van der Waals surface area contributed by atoms with E-state index in [1.165, 1.54) is 12.3 Å². The highest BCUT2D eigenvalue weighted by Crippen LogP contribution is 2.22. The molecule has 0 bridgehead atoms. The minimum absolute atomic E-state index is 0.0887. The van der Waals surface area contributed by atoms with Gasteiger partial charge >= 0.3 is 0 Å². The zero-order valence-corrected chi connectivity index (χ0v) is 11.0. The van der Waals surface area contributed by atoms with Crippen LogP contribution in [0.1, 0.15) is 10.5 Å². The predicted molar refractivity (Wildman–Crippen MR) is 64.4 cm³/mol. The van der Waals surface area contributed by atoms with Gasteiger partial charge in [0, 0.05) is 6.20 Å². The molecule has 6 nitrogen and oxygen atoms in total. The van der Waals surface area contributed by atoms with Crippen LogP contribution in [0.2, 0.25) is 10.0 Å². The van der Waals surface area contributed by atoms with Gasteiger partial charge in [-0.05, 0) is 6.07 Å². The number of halogens is 2. The summed E-state index contributed by atoms with van der Waals surface area (Å²) >= 11 is 11.0. The number of aromatic carboxylic acids is 1. The molecule has 102 valence electrons. The average Bonchev–Trinajstić information content (AvgIpc) is 2.34. The van der Waals surface area contributed by atoms with Crippen molar-refractivity contribution >= 4 is 29.2 Å². The Bertz CT molecular complexity index is 373. The van der Waals surface area contributed by atoms with Crippen molar-refractivity contribution in [3.63, 3.8) is 0 Å². The lowest BCUT2D eigenvalue weighted by Gasteiger charge is -2.03. The number of hydrogen-bond donors (Lipinski definition) is 3. The second-order valence-electron chi connectivity index (χ2n) is 3.06. The van der Waals surface area contributed by atoms with E-state index in [1.807, 2.05) is 5.32 Å². The maximum atomic E-state index is 10.3. The summed E-state index contributed by atoms with van der Waals surface area (Å²) < 4.78 is 0. The van der Waals surface area contributed by atoms with Crippen molar-refractivity contribution in [1.29, 1.82) is 0 Å². The molecule has 0 aliphatic carbocycles. The molecule has 0 atom stereocenters. The van der Waals surface area contributed by atoms with Crippen LogP contribution < -0.4 is 10.4 Å². The lowest BCUT2D eigenvalue weighted by molar-refractivity contribution is -0.657. The number of rotatable bonds is 5. The molecular weight excluding hydrogens is 283 g/mol. The summed E-state index contributed by atoms with van der Waals surface area (Å²) in [6.07, 6.45) is 1.25. The topological polar surface area (TPSA) is 110 Å². The van der Waals surface area contributed by atoms with Crippen LogP contribution in [0.15, 0.2) is 12.3 Å². The lowest BCUT2D eigenvalue weighted by atomic mass is 10.3. The number of carboxylic acid groups (broad SMARTS) is 1. The van der Waals surface area contributed by atoms with E-state index >= 15 is 0 Å². The van der Waals surface area contributed by atoms with Crippen LogP contribution in [0.5, 0.6) is 0 Å². The number of aliphatic hydroxyl groups is 2. The average molecular weight is 297 g/mol. The van der Waals surface area contributed by atoms with Gasteiger partial charge in [0.2, 0.25) is 0 Å². The maximum Gasteiger partial charge on any atom is 0.106 e. The molecule has 8 heteroatoms. The molecule has 1 aromatic rings. The first-order valence-corrected chi connectivity index (χ1v) is 5.84. The van der Waals surface area contributed by atoms with Gasteiger partial charge in [-0.1, -0.05) is 23.2 Å². The number of pyridine rings is 1. The van der Waals surface area contributed by atoms with Gasteiger partial charge in [0.25, 0.3) is 0 Å². The van der Waals surface area contributed by atoms with Gasteiger partial charge in [-0.15, -0.1) is 0 Å². The molecule has 0 saturated heterocycles. The predicted octanol–water partition coefficient (Wildman–Crippen LogP) is -1.71. The first kappa shape index (κ1) is 17.1. The van der Waals surface area contributed by atoms with Gasteiger partial charge in [0.05, 0.1) is 42.3 Å². The van der Waals surface area contributed by atoms with Crippen LogP contribution in [0.4, 0.5) is 0 Å². The molecule has 0 aliphatic heterocycles. The largest absolute Gasteiger partial charge is 0.543 e. The number of carbonyl (C=O) groups is 1. The van der Waals surface area contributed by atoms with Crippen molar-refractivity contribution in [1.82, 2.24) is 4.98 Å². The third-order valence-corrected chi connectivity index (χ3v) is 2.50. The van der Waals surface area contributed by atoms with Gasteiger partial charge in [-0.3, -0.25) is 4.98 Å². The number of carboxylic acids is 1. The van der Waals surface area contributed by atoms with Gasteiger partial charge in [-0.25, -0.2) is 0 Å². The van der Waals surface area contributed by atoms with Gasteiger partial charge < -0.3 is 25.4 Å². The standard InChI is InChI=1S/C6H3Cl2NO2.C4H11NO2/c7-3-1-2-9-5(4(3)8)6(10)11;6-3-1-5-2-4-7/h1-2H,(H,10,11);5-7H,1-4H2. The van der Waals surface area contributed by atoms with Crippen molar-refractivity contribution in [3.05, 3.63) is 28.0 Å². The monoisotopic (exact) mass is 296 g/mol. The number of nitrogens with two attached hydrogens (primary N) is 1. The number of nitrogens with zero attached hydrogens (tertiary/aromatic N) is 1. The van der Waals surface area contributed by atoms with E-state index in [0.29, 0.717) is 13.1 Å². The van der Waals surface area contributed by atoms with E-state index in [9.17, 15) is 9.90 Å². The molecule has 0 aromatic carbocycles. The molecule has 0 fully saturated rings. The van der Waals surface area contributed by atoms with Crippen molar-refractivity contribution in [2.24, 2.45) is 0 Å². The third kappa shape index (κ3) is 6.73. The molecule has 0 spiro atoms. The second kappa shape index (κ2) is 10.0. The van der Waals surface area contributed by atoms with E-state index in [-0.39, 0.29) is 29.0 Å². The van der Waals surface area contributed by atoms with E-state index in [4.69, 9.17) is 33.4 Å². The molecular formula is C10H14Cl2N2O4. The summed E-state index contributed by atoms with van der Waals surface area (Å²) in [4.78, 5) is 13.7. The number of aromatic nitrogens is 1. The summed E-state index contributed by atoms with van der Waals surface area (Å²) in [5.74, 6) is -1.43.